The molecule has 4 nitrogen and oxygen atoms in total. The number of carbonyl (C=O) groups excluding carboxylic acids is 1. The molecule has 0 aliphatic heterocycles. The van der Waals surface area contributed by atoms with Crippen LogP contribution in [0.4, 0.5) is 5.13 Å². The quantitative estimate of drug-likeness (QED) is 0.504. The molecule has 0 unspecified atom stereocenters. The largest absolute Gasteiger partial charge is 0.493 e. The van der Waals surface area contributed by atoms with Gasteiger partial charge in [0.15, 0.2) is 5.13 Å². The van der Waals surface area contributed by atoms with Crippen molar-refractivity contribution >= 4 is 40.1 Å². The van der Waals surface area contributed by atoms with Crippen LogP contribution >= 0.6 is 22.9 Å². The van der Waals surface area contributed by atoms with Crippen molar-refractivity contribution in [2.75, 3.05) is 11.9 Å². The molecule has 138 valence electrons. The number of ether oxygens (including phenoxy) is 1. The van der Waals surface area contributed by atoms with Crippen molar-refractivity contribution in [3.05, 3.63) is 70.6 Å². The number of amides is 1. The summed E-state index contributed by atoms with van der Waals surface area (Å²) < 4.78 is 5.69. The zero-order chi connectivity index (χ0) is 19.1. The molecule has 0 fully saturated rings. The van der Waals surface area contributed by atoms with E-state index in [1.807, 2.05) is 53.9 Å². The molecule has 3 aromatic rings. The number of para-hydroxylation sites is 1. The number of halogens is 1. The molecule has 2 aromatic carbocycles. The molecule has 6 heteroatoms. The summed E-state index contributed by atoms with van der Waals surface area (Å²) in [6.07, 6.45) is 4.14. The maximum absolute atomic E-state index is 12.2. The van der Waals surface area contributed by atoms with Crippen molar-refractivity contribution in [2.45, 2.75) is 13.3 Å². The lowest BCUT2D eigenvalue weighted by molar-refractivity contribution is -0.111. The highest BCUT2D eigenvalue weighted by Crippen LogP contribution is 2.30. The molecule has 3 rings (SSSR count). The van der Waals surface area contributed by atoms with E-state index in [-0.39, 0.29) is 5.91 Å². The molecule has 0 spiro atoms. The van der Waals surface area contributed by atoms with Crippen LogP contribution in [0, 0.1) is 0 Å². The number of nitrogens with zero attached hydrogens (tertiary/aromatic N) is 1. The van der Waals surface area contributed by atoms with Crippen molar-refractivity contribution in [3.8, 4) is 17.0 Å². The SMILES string of the molecule is CCCOc1ccccc1C=CC(=O)Nc1nc(-c2ccccc2Cl)cs1. The number of aromatic nitrogens is 1. The Morgan fingerprint density at radius 1 is 1.22 bits per heavy atom. The number of anilines is 1. The maximum atomic E-state index is 12.2. The average Bonchev–Trinajstić information content (AvgIpc) is 3.14. The van der Waals surface area contributed by atoms with Gasteiger partial charge in [0.25, 0.3) is 0 Å². The maximum Gasteiger partial charge on any atom is 0.250 e. The molecule has 0 bridgehead atoms. The van der Waals surface area contributed by atoms with Crippen LogP contribution in [-0.4, -0.2) is 17.5 Å². The van der Waals surface area contributed by atoms with Crippen LogP contribution in [0.5, 0.6) is 5.75 Å². The van der Waals surface area contributed by atoms with Gasteiger partial charge in [0.1, 0.15) is 5.75 Å². The predicted molar refractivity (Wildman–Crippen MR) is 112 cm³/mol. The molecule has 0 radical (unpaired) electrons. The van der Waals surface area contributed by atoms with E-state index >= 15 is 0 Å². The molecule has 0 aliphatic rings. The van der Waals surface area contributed by atoms with Crippen molar-refractivity contribution in [3.63, 3.8) is 0 Å². The second-order valence-electron chi connectivity index (χ2n) is 5.73. The van der Waals surface area contributed by atoms with E-state index in [4.69, 9.17) is 16.3 Å². The van der Waals surface area contributed by atoms with Crippen LogP contribution < -0.4 is 10.1 Å². The zero-order valence-electron chi connectivity index (χ0n) is 14.8. The molecule has 1 heterocycles. The van der Waals surface area contributed by atoms with Crippen LogP contribution in [0.1, 0.15) is 18.9 Å². The van der Waals surface area contributed by atoms with E-state index < -0.39 is 0 Å². The summed E-state index contributed by atoms with van der Waals surface area (Å²) in [4.78, 5) is 16.7. The van der Waals surface area contributed by atoms with E-state index in [9.17, 15) is 4.79 Å². The first-order valence-corrected chi connectivity index (χ1v) is 9.84. The van der Waals surface area contributed by atoms with Gasteiger partial charge in [0.2, 0.25) is 5.91 Å². The highest BCUT2D eigenvalue weighted by atomic mass is 35.5. The third-order valence-corrected chi connectivity index (χ3v) is 4.77. The molecule has 0 saturated carbocycles. The van der Waals surface area contributed by atoms with Crippen LogP contribution in [0.25, 0.3) is 17.3 Å². The number of hydrogen-bond acceptors (Lipinski definition) is 4. The van der Waals surface area contributed by atoms with Crippen molar-refractivity contribution in [2.24, 2.45) is 0 Å². The topological polar surface area (TPSA) is 51.2 Å². The first-order chi connectivity index (χ1) is 13.2. The van der Waals surface area contributed by atoms with Gasteiger partial charge in [0, 0.05) is 27.6 Å². The van der Waals surface area contributed by atoms with E-state index in [0.29, 0.717) is 16.8 Å². The Morgan fingerprint density at radius 3 is 2.81 bits per heavy atom. The lowest BCUT2D eigenvalue weighted by atomic mass is 10.2. The van der Waals surface area contributed by atoms with Gasteiger partial charge in [0.05, 0.1) is 12.3 Å². The summed E-state index contributed by atoms with van der Waals surface area (Å²) in [5.74, 6) is 0.513. The van der Waals surface area contributed by atoms with E-state index in [1.165, 1.54) is 17.4 Å². The zero-order valence-corrected chi connectivity index (χ0v) is 16.4. The molecule has 0 aliphatic carbocycles. The predicted octanol–water partition coefficient (Wildman–Crippen LogP) is 5.90. The second kappa shape index (κ2) is 9.35. The van der Waals surface area contributed by atoms with Gasteiger partial charge in [-0.1, -0.05) is 54.9 Å². The van der Waals surface area contributed by atoms with Gasteiger partial charge in [-0.25, -0.2) is 4.98 Å². The Hall–Kier alpha value is -2.63. The third-order valence-electron chi connectivity index (χ3n) is 3.68. The Bertz CT molecular complexity index is 953. The molecule has 1 aromatic heterocycles. The molecule has 0 saturated heterocycles. The number of rotatable bonds is 7. The van der Waals surface area contributed by atoms with Gasteiger partial charge in [-0.3, -0.25) is 10.1 Å². The number of nitrogens with one attached hydrogen (secondary N) is 1. The fourth-order valence-electron chi connectivity index (χ4n) is 2.40. The fraction of sp³-hybridized carbons (Fsp3) is 0.143. The summed E-state index contributed by atoms with van der Waals surface area (Å²) in [5.41, 5.74) is 2.44. The third kappa shape index (κ3) is 5.18. The Balaban J connectivity index is 1.67. The highest BCUT2D eigenvalue weighted by Gasteiger charge is 2.09. The number of hydrogen-bond donors (Lipinski definition) is 1. The number of thiazole rings is 1. The van der Waals surface area contributed by atoms with Crippen LogP contribution in [0.15, 0.2) is 60.0 Å². The second-order valence-corrected chi connectivity index (χ2v) is 6.99. The molecule has 1 amide bonds. The number of benzene rings is 2. The van der Waals surface area contributed by atoms with Gasteiger partial charge in [-0.2, -0.15) is 0 Å². The lowest BCUT2D eigenvalue weighted by Crippen LogP contribution is -2.07. The molecule has 27 heavy (non-hydrogen) atoms. The summed E-state index contributed by atoms with van der Waals surface area (Å²) in [5, 5.41) is 5.80. The van der Waals surface area contributed by atoms with Gasteiger partial charge in [-0.05, 0) is 24.6 Å². The lowest BCUT2D eigenvalue weighted by Gasteiger charge is -2.07. The minimum atomic E-state index is -0.250. The van der Waals surface area contributed by atoms with Crippen molar-refractivity contribution in [1.29, 1.82) is 0 Å². The van der Waals surface area contributed by atoms with E-state index in [0.717, 1.165) is 29.0 Å². The van der Waals surface area contributed by atoms with E-state index in [2.05, 4.69) is 17.2 Å². The standard InChI is InChI=1S/C21H19ClN2O2S/c1-2-13-26-19-10-6-3-7-15(19)11-12-20(25)24-21-23-18(14-27-21)16-8-4-5-9-17(16)22/h3-12,14H,2,13H2,1H3,(H,23,24,25). The monoisotopic (exact) mass is 398 g/mol. The Kier molecular flexibility index (Phi) is 6.63. The molecule has 1 N–H and O–H groups in total. The Morgan fingerprint density at radius 2 is 2.00 bits per heavy atom. The van der Waals surface area contributed by atoms with Gasteiger partial charge < -0.3 is 4.74 Å². The van der Waals surface area contributed by atoms with Gasteiger partial charge in [-0.15, -0.1) is 11.3 Å². The van der Waals surface area contributed by atoms with Gasteiger partial charge >= 0.3 is 0 Å². The van der Waals surface area contributed by atoms with E-state index in [1.54, 1.807) is 6.08 Å². The minimum absolute atomic E-state index is 0.250. The normalized spacial score (nSPS) is 10.9. The Labute approximate surface area is 167 Å². The van der Waals surface area contributed by atoms with Crippen LogP contribution in [-0.2, 0) is 4.79 Å². The van der Waals surface area contributed by atoms with Crippen LogP contribution in [0.3, 0.4) is 0 Å². The molecular formula is C21H19ClN2O2S. The smallest absolute Gasteiger partial charge is 0.250 e. The highest BCUT2D eigenvalue weighted by molar-refractivity contribution is 7.14. The summed E-state index contributed by atoms with van der Waals surface area (Å²) in [7, 11) is 0. The summed E-state index contributed by atoms with van der Waals surface area (Å²) in [6.45, 7) is 2.69. The minimum Gasteiger partial charge on any atom is -0.493 e. The average molecular weight is 399 g/mol. The van der Waals surface area contributed by atoms with Crippen LogP contribution in [0.2, 0.25) is 5.02 Å². The fourth-order valence-corrected chi connectivity index (χ4v) is 3.34. The molecule has 0 atom stereocenters. The van der Waals surface area contributed by atoms with Crippen molar-refractivity contribution in [1.82, 2.24) is 4.98 Å². The first kappa shape index (κ1) is 19.1. The summed E-state index contributed by atoms with van der Waals surface area (Å²) >= 11 is 7.55. The number of carbonyl (C=O) groups is 1. The first-order valence-electron chi connectivity index (χ1n) is 8.58. The van der Waals surface area contributed by atoms with Crippen molar-refractivity contribution < 1.29 is 9.53 Å². The summed E-state index contributed by atoms with van der Waals surface area (Å²) in [6, 6.07) is 15.1. The molecular weight excluding hydrogens is 380 g/mol.